The first-order valence-corrected chi connectivity index (χ1v) is 2.96. The van der Waals surface area contributed by atoms with E-state index in [2.05, 4.69) is 4.99 Å². The Kier molecular flexibility index (Phi) is 3.87. The molecule has 0 atom stereocenters. The Morgan fingerprint density at radius 1 is 1.27 bits per heavy atom. The SMILES string of the molecule is CC(CC(=O)O)=NCC(=O)O. The molecule has 5 nitrogen and oxygen atoms in total. The van der Waals surface area contributed by atoms with Gasteiger partial charge in [0, 0.05) is 5.71 Å². The summed E-state index contributed by atoms with van der Waals surface area (Å²) in [5.41, 5.74) is 0.319. The van der Waals surface area contributed by atoms with Crippen LogP contribution in [0.15, 0.2) is 4.99 Å². The maximum Gasteiger partial charge on any atom is 0.325 e. The molecule has 0 amide bonds. The summed E-state index contributed by atoms with van der Waals surface area (Å²) in [7, 11) is 0. The van der Waals surface area contributed by atoms with Gasteiger partial charge in [0.1, 0.15) is 6.54 Å². The summed E-state index contributed by atoms with van der Waals surface area (Å²) in [6, 6.07) is 0. The Bertz CT molecular complexity index is 197. The lowest BCUT2D eigenvalue weighted by Gasteiger charge is -1.92. The molecule has 0 radical (unpaired) electrons. The third kappa shape index (κ3) is 6.50. The molecule has 0 aliphatic heterocycles. The van der Waals surface area contributed by atoms with Crippen LogP contribution in [0.5, 0.6) is 0 Å². The first kappa shape index (κ1) is 9.61. The molecule has 0 unspecified atom stereocenters. The summed E-state index contributed by atoms with van der Waals surface area (Å²) in [5.74, 6) is -2.06. The molecule has 2 N–H and O–H groups in total. The smallest absolute Gasteiger partial charge is 0.325 e. The summed E-state index contributed by atoms with van der Waals surface area (Å²) in [5, 5.41) is 16.4. The first-order chi connectivity index (χ1) is 5.02. The van der Waals surface area contributed by atoms with Crippen molar-refractivity contribution in [1.82, 2.24) is 0 Å². The molecule has 0 saturated carbocycles. The minimum Gasteiger partial charge on any atom is -0.481 e. The van der Waals surface area contributed by atoms with Crippen LogP contribution in [-0.2, 0) is 9.59 Å². The summed E-state index contributed by atoms with van der Waals surface area (Å²) in [4.78, 5) is 23.5. The van der Waals surface area contributed by atoms with Crippen LogP contribution < -0.4 is 0 Å². The van der Waals surface area contributed by atoms with E-state index < -0.39 is 11.9 Å². The highest BCUT2D eigenvalue weighted by molar-refractivity contribution is 5.97. The number of hydrogen-bond acceptors (Lipinski definition) is 3. The van der Waals surface area contributed by atoms with Gasteiger partial charge in [-0.25, -0.2) is 0 Å². The molecule has 0 aromatic rings. The van der Waals surface area contributed by atoms with Gasteiger partial charge in [-0.1, -0.05) is 0 Å². The molecule has 0 aliphatic carbocycles. The van der Waals surface area contributed by atoms with Gasteiger partial charge in [0.2, 0.25) is 0 Å². The lowest BCUT2D eigenvalue weighted by Crippen LogP contribution is -2.06. The van der Waals surface area contributed by atoms with Gasteiger partial charge in [0.05, 0.1) is 6.42 Å². The Balaban J connectivity index is 3.81. The van der Waals surface area contributed by atoms with E-state index in [1.165, 1.54) is 6.92 Å². The second-order valence-corrected chi connectivity index (χ2v) is 2.02. The van der Waals surface area contributed by atoms with Crippen LogP contribution in [0.1, 0.15) is 13.3 Å². The molecule has 0 spiro atoms. The second kappa shape index (κ2) is 4.43. The molecular formula is C6H9NO4. The third-order valence-electron chi connectivity index (χ3n) is 0.891. The van der Waals surface area contributed by atoms with Crippen LogP contribution in [0.4, 0.5) is 0 Å². The number of aliphatic carboxylic acids is 2. The number of nitrogens with zero attached hydrogens (tertiary/aromatic N) is 1. The van der Waals surface area contributed by atoms with Gasteiger partial charge >= 0.3 is 11.9 Å². The molecule has 0 aromatic carbocycles. The van der Waals surface area contributed by atoms with E-state index in [1.807, 2.05) is 0 Å². The quantitative estimate of drug-likeness (QED) is 0.565. The Morgan fingerprint density at radius 3 is 2.18 bits per heavy atom. The topological polar surface area (TPSA) is 87.0 Å². The van der Waals surface area contributed by atoms with Gasteiger partial charge in [-0.15, -0.1) is 0 Å². The maximum absolute atomic E-state index is 10.0. The minimum atomic E-state index is -1.06. The highest BCUT2D eigenvalue weighted by Gasteiger charge is 2.00. The molecule has 0 heterocycles. The van der Waals surface area contributed by atoms with Crippen molar-refractivity contribution in [2.24, 2.45) is 4.99 Å². The van der Waals surface area contributed by atoms with Crippen molar-refractivity contribution in [3.8, 4) is 0 Å². The van der Waals surface area contributed by atoms with Gasteiger partial charge in [-0.3, -0.25) is 14.6 Å². The molecule has 0 aromatic heterocycles. The molecule has 62 valence electrons. The van der Waals surface area contributed by atoms with Gasteiger partial charge in [-0.05, 0) is 6.92 Å². The molecule has 0 saturated heterocycles. The monoisotopic (exact) mass is 159 g/mol. The van der Waals surface area contributed by atoms with Crippen molar-refractivity contribution in [3.05, 3.63) is 0 Å². The largest absolute Gasteiger partial charge is 0.481 e. The summed E-state index contributed by atoms with van der Waals surface area (Å²) in [6.45, 7) is 1.12. The molecular weight excluding hydrogens is 150 g/mol. The fourth-order valence-corrected chi connectivity index (χ4v) is 0.477. The first-order valence-electron chi connectivity index (χ1n) is 2.96. The zero-order chi connectivity index (χ0) is 8.85. The van der Waals surface area contributed by atoms with Crippen LogP contribution in [0, 0.1) is 0 Å². The maximum atomic E-state index is 10.0. The van der Waals surface area contributed by atoms with Crippen molar-refractivity contribution in [2.75, 3.05) is 6.54 Å². The van der Waals surface area contributed by atoms with Crippen molar-refractivity contribution in [1.29, 1.82) is 0 Å². The number of carbonyl (C=O) groups is 2. The Morgan fingerprint density at radius 2 is 1.82 bits per heavy atom. The van der Waals surface area contributed by atoms with Crippen LogP contribution in [0.25, 0.3) is 0 Å². The Hall–Kier alpha value is -1.39. The third-order valence-corrected chi connectivity index (χ3v) is 0.891. The van der Waals surface area contributed by atoms with E-state index in [1.54, 1.807) is 0 Å². The predicted molar refractivity (Wildman–Crippen MR) is 37.9 cm³/mol. The van der Waals surface area contributed by atoms with E-state index in [-0.39, 0.29) is 13.0 Å². The minimum absolute atomic E-state index is 0.201. The number of aliphatic imine (C=N–C) groups is 1. The molecule has 0 bridgehead atoms. The number of carboxylic acid groups (broad SMARTS) is 2. The van der Waals surface area contributed by atoms with Crippen molar-refractivity contribution < 1.29 is 19.8 Å². The van der Waals surface area contributed by atoms with Crippen LogP contribution >= 0.6 is 0 Å². The molecule has 0 fully saturated rings. The number of rotatable bonds is 4. The van der Waals surface area contributed by atoms with E-state index in [9.17, 15) is 9.59 Å². The van der Waals surface area contributed by atoms with Gasteiger partial charge in [-0.2, -0.15) is 0 Å². The zero-order valence-corrected chi connectivity index (χ0v) is 6.07. The fourth-order valence-electron chi connectivity index (χ4n) is 0.477. The summed E-state index contributed by atoms with van der Waals surface area (Å²) < 4.78 is 0. The van der Waals surface area contributed by atoms with Crippen molar-refractivity contribution >= 4 is 17.7 Å². The van der Waals surface area contributed by atoms with Crippen LogP contribution in [0.3, 0.4) is 0 Å². The highest BCUT2D eigenvalue weighted by Crippen LogP contribution is 1.86. The van der Waals surface area contributed by atoms with Crippen LogP contribution in [0.2, 0.25) is 0 Å². The van der Waals surface area contributed by atoms with Gasteiger partial charge in [0.25, 0.3) is 0 Å². The Labute approximate surface area is 63.4 Å². The number of hydrogen-bond donors (Lipinski definition) is 2. The summed E-state index contributed by atoms with van der Waals surface area (Å²) in [6.07, 6.45) is -0.201. The molecule has 5 heteroatoms. The lowest BCUT2D eigenvalue weighted by molar-refractivity contribution is -0.136. The molecule has 11 heavy (non-hydrogen) atoms. The van der Waals surface area contributed by atoms with E-state index in [4.69, 9.17) is 10.2 Å². The number of carboxylic acids is 2. The van der Waals surface area contributed by atoms with E-state index >= 15 is 0 Å². The standard InChI is InChI=1S/C6H9NO4/c1-4(2-5(8)9)7-3-6(10)11/h2-3H2,1H3,(H,8,9)(H,10,11). The van der Waals surface area contributed by atoms with Crippen molar-refractivity contribution in [3.63, 3.8) is 0 Å². The van der Waals surface area contributed by atoms with Crippen LogP contribution in [-0.4, -0.2) is 34.4 Å². The average molecular weight is 159 g/mol. The fraction of sp³-hybridized carbons (Fsp3) is 0.500. The van der Waals surface area contributed by atoms with Gasteiger partial charge in [0.15, 0.2) is 0 Å². The molecule has 0 aliphatic rings. The van der Waals surface area contributed by atoms with Crippen molar-refractivity contribution in [2.45, 2.75) is 13.3 Å². The van der Waals surface area contributed by atoms with Gasteiger partial charge < -0.3 is 10.2 Å². The predicted octanol–water partition coefficient (Wildman–Crippen LogP) is 0.00660. The van der Waals surface area contributed by atoms with E-state index in [0.29, 0.717) is 5.71 Å². The molecule has 0 rings (SSSR count). The normalized spacial score (nSPS) is 11.2. The lowest BCUT2D eigenvalue weighted by atomic mass is 10.3. The highest BCUT2D eigenvalue weighted by atomic mass is 16.4. The van der Waals surface area contributed by atoms with E-state index in [0.717, 1.165) is 0 Å². The zero-order valence-electron chi connectivity index (χ0n) is 6.07. The second-order valence-electron chi connectivity index (χ2n) is 2.02. The summed E-state index contributed by atoms with van der Waals surface area (Å²) >= 11 is 0. The average Bonchev–Trinajstić information content (AvgIpc) is 1.82.